The predicted octanol–water partition coefficient (Wildman–Crippen LogP) is 1.33. The molecule has 2 saturated heterocycles. The molecule has 8 nitrogen and oxygen atoms in total. The van der Waals surface area contributed by atoms with Crippen LogP contribution in [0, 0.1) is 0 Å². The summed E-state index contributed by atoms with van der Waals surface area (Å²) in [5, 5.41) is 2.68. The van der Waals surface area contributed by atoms with Crippen LogP contribution in [0.25, 0.3) is 0 Å². The van der Waals surface area contributed by atoms with Gasteiger partial charge in [-0.25, -0.2) is 14.8 Å². The summed E-state index contributed by atoms with van der Waals surface area (Å²) in [6.07, 6.45) is 6.97. The Morgan fingerprint density at radius 3 is 2.63 bits per heavy atom. The third-order valence-corrected chi connectivity index (χ3v) is 5.34. The van der Waals surface area contributed by atoms with Crippen molar-refractivity contribution in [3.05, 3.63) is 18.0 Å². The first kappa shape index (κ1) is 19.8. The fraction of sp³-hybridized carbons (Fsp3) is 0.737. The molecule has 0 radical (unpaired) electrons. The van der Waals surface area contributed by atoms with Crippen LogP contribution in [0.4, 0.5) is 10.7 Å². The van der Waals surface area contributed by atoms with Gasteiger partial charge in [0, 0.05) is 63.3 Å². The van der Waals surface area contributed by atoms with Crippen LogP contribution in [0.15, 0.2) is 12.4 Å². The number of aromatic nitrogens is 2. The lowest BCUT2D eigenvalue weighted by molar-refractivity contribution is 0.0641. The van der Waals surface area contributed by atoms with Gasteiger partial charge in [0.05, 0.1) is 0 Å². The van der Waals surface area contributed by atoms with E-state index in [1.54, 1.807) is 0 Å². The molecule has 150 valence electrons. The molecule has 0 aromatic carbocycles. The fourth-order valence-corrected chi connectivity index (χ4v) is 3.66. The van der Waals surface area contributed by atoms with Crippen molar-refractivity contribution in [2.75, 3.05) is 57.8 Å². The smallest absolute Gasteiger partial charge is 0.407 e. The van der Waals surface area contributed by atoms with Crippen molar-refractivity contribution in [1.29, 1.82) is 0 Å². The van der Waals surface area contributed by atoms with Crippen LogP contribution < -0.4 is 10.2 Å². The lowest BCUT2D eigenvalue weighted by Crippen LogP contribution is -2.45. The Balaban J connectivity index is 1.53. The Labute approximate surface area is 161 Å². The lowest BCUT2D eigenvalue weighted by Gasteiger charge is -2.35. The minimum Gasteiger partial charge on any atom is -0.448 e. The first-order chi connectivity index (χ1) is 13.2. The summed E-state index contributed by atoms with van der Waals surface area (Å²) < 4.78 is 5.36. The molecule has 0 saturated carbocycles. The highest BCUT2D eigenvalue weighted by Gasteiger charge is 2.24. The molecule has 1 atom stereocenters. The van der Waals surface area contributed by atoms with E-state index in [1.807, 2.05) is 19.3 Å². The number of carbonyl (C=O) groups excluding carboxylic acids is 1. The van der Waals surface area contributed by atoms with Crippen LogP contribution in [0.3, 0.4) is 0 Å². The summed E-state index contributed by atoms with van der Waals surface area (Å²) in [5.41, 5.74) is 1.11. The zero-order valence-corrected chi connectivity index (χ0v) is 16.6. The Morgan fingerprint density at radius 2 is 1.93 bits per heavy atom. The first-order valence-electron chi connectivity index (χ1n) is 10.0. The number of carbonyl (C=O) groups is 1. The van der Waals surface area contributed by atoms with Gasteiger partial charge in [-0.1, -0.05) is 6.42 Å². The second kappa shape index (κ2) is 9.85. The van der Waals surface area contributed by atoms with Crippen molar-refractivity contribution in [3.8, 4) is 0 Å². The van der Waals surface area contributed by atoms with Crippen LogP contribution in [0.1, 0.15) is 31.7 Å². The van der Waals surface area contributed by atoms with Crippen LogP contribution in [-0.2, 0) is 11.3 Å². The molecular formula is C19H32N6O2. The molecule has 1 unspecified atom stereocenters. The van der Waals surface area contributed by atoms with E-state index in [-0.39, 0.29) is 12.1 Å². The minimum absolute atomic E-state index is 0.263. The standard InChI is InChI=1S/C19H32N6O2/c1-3-20-19(26)27-15-17-6-4-5-7-25(17)14-16-12-21-18(22-13-16)24-10-8-23(2)9-11-24/h12-13,17H,3-11,14-15H2,1-2H3,(H,20,26). The number of piperazine rings is 1. The van der Waals surface area contributed by atoms with Crippen molar-refractivity contribution < 1.29 is 9.53 Å². The third kappa shape index (κ3) is 5.77. The first-order valence-corrected chi connectivity index (χ1v) is 10.0. The normalized spacial score (nSPS) is 21.9. The molecule has 2 aliphatic rings. The van der Waals surface area contributed by atoms with Crippen molar-refractivity contribution >= 4 is 12.0 Å². The molecule has 3 heterocycles. The van der Waals surface area contributed by atoms with E-state index < -0.39 is 0 Å². The number of anilines is 1. The molecule has 3 rings (SSSR count). The maximum Gasteiger partial charge on any atom is 0.407 e. The summed E-state index contributed by atoms with van der Waals surface area (Å²) in [6.45, 7) is 8.77. The average Bonchev–Trinajstić information content (AvgIpc) is 2.69. The molecule has 0 bridgehead atoms. The van der Waals surface area contributed by atoms with Crippen molar-refractivity contribution in [1.82, 2.24) is 25.1 Å². The molecule has 1 amide bonds. The third-order valence-electron chi connectivity index (χ3n) is 5.34. The Hall–Kier alpha value is -1.93. The monoisotopic (exact) mass is 376 g/mol. The lowest BCUT2D eigenvalue weighted by atomic mass is 10.0. The number of rotatable bonds is 6. The molecule has 0 spiro atoms. The number of piperidine rings is 1. The molecule has 2 fully saturated rings. The van der Waals surface area contributed by atoms with E-state index in [0.717, 1.165) is 57.2 Å². The van der Waals surface area contributed by atoms with Gasteiger partial charge >= 0.3 is 6.09 Å². The second-order valence-corrected chi connectivity index (χ2v) is 7.43. The fourth-order valence-electron chi connectivity index (χ4n) is 3.66. The van der Waals surface area contributed by atoms with E-state index in [1.165, 1.54) is 12.8 Å². The minimum atomic E-state index is -0.331. The van der Waals surface area contributed by atoms with Gasteiger partial charge in [-0.05, 0) is 33.4 Å². The van der Waals surface area contributed by atoms with Crippen LogP contribution in [0.2, 0.25) is 0 Å². The van der Waals surface area contributed by atoms with E-state index in [2.05, 4.69) is 37.0 Å². The molecule has 1 aromatic rings. The maximum absolute atomic E-state index is 11.6. The number of nitrogens with one attached hydrogen (secondary N) is 1. The highest BCUT2D eigenvalue weighted by atomic mass is 16.5. The number of likely N-dealkylation sites (N-methyl/N-ethyl adjacent to an activating group) is 1. The molecule has 1 N–H and O–H groups in total. The van der Waals surface area contributed by atoms with Crippen molar-refractivity contribution in [2.45, 2.75) is 38.8 Å². The van der Waals surface area contributed by atoms with Gasteiger partial charge < -0.3 is 19.9 Å². The SMILES string of the molecule is CCNC(=O)OCC1CCCCN1Cc1cnc(N2CCN(C)CC2)nc1. The van der Waals surface area contributed by atoms with E-state index in [0.29, 0.717) is 13.2 Å². The number of nitrogens with zero attached hydrogens (tertiary/aromatic N) is 5. The zero-order chi connectivity index (χ0) is 19.1. The quantitative estimate of drug-likeness (QED) is 0.803. The number of alkyl carbamates (subject to hydrolysis) is 1. The van der Waals surface area contributed by atoms with Crippen LogP contribution in [0.5, 0.6) is 0 Å². The highest BCUT2D eigenvalue weighted by Crippen LogP contribution is 2.20. The Kier molecular flexibility index (Phi) is 7.23. The molecule has 8 heteroatoms. The van der Waals surface area contributed by atoms with E-state index in [9.17, 15) is 4.79 Å². The topological polar surface area (TPSA) is 73.8 Å². The summed E-state index contributed by atoms with van der Waals surface area (Å²) >= 11 is 0. The summed E-state index contributed by atoms with van der Waals surface area (Å²) in [6, 6.07) is 0.263. The number of amides is 1. The number of likely N-dealkylation sites (tertiary alicyclic amines) is 1. The molecular weight excluding hydrogens is 344 g/mol. The van der Waals surface area contributed by atoms with E-state index >= 15 is 0 Å². The van der Waals surface area contributed by atoms with Gasteiger partial charge in [0.1, 0.15) is 6.61 Å². The van der Waals surface area contributed by atoms with Gasteiger partial charge in [-0.2, -0.15) is 0 Å². The van der Waals surface area contributed by atoms with Gasteiger partial charge in [0.25, 0.3) is 0 Å². The number of ether oxygens (including phenoxy) is 1. The summed E-state index contributed by atoms with van der Waals surface area (Å²) in [7, 11) is 2.14. The molecule has 27 heavy (non-hydrogen) atoms. The highest BCUT2D eigenvalue weighted by molar-refractivity contribution is 5.66. The van der Waals surface area contributed by atoms with Crippen LogP contribution in [-0.4, -0.2) is 84.8 Å². The summed E-state index contributed by atoms with van der Waals surface area (Å²) in [5.74, 6) is 0.821. The van der Waals surface area contributed by atoms with Gasteiger partial charge in [-0.3, -0.25) is 4.90 Å². The van der Waals surface area contributed by atoms with Crippen molar-refractivity contribution in [2.24, 2.45) is 0 Å². The largest absolute Gasteiger partial charge is 0.448 e. The number of hydrogen-bond donors (Lipinski definition) is 1. The number of hydrogen-bond acceptors (Lipinski definition) is 7. The Morgan fingerprint density at radius 1 is 1.19 bits per heavy atom. The van der Waals surface area contributed by atoms with E-state index in [4.69, 9.17) is 4.74 Å². The molecule has 1 aromatic heterocycles. The molecule has 2 aliphatic heterocycles. The van der Waals surface area contributed by atoms with Gasteiger partial charge in [-0.15, -0.1) is 0 Å². The zero-order valence-electron chi connectivity index (χ0n) is 16.6. The maximum atomic E-state index is 11.6. The van der Waals surface area contributed by atoms with Crippen LogP contribution >= 0.6 is 0 Å². The average molecular weight is 377 g/mol. The van der Waals surface area contributed by atoms with Crippen molar-refractivity contribution in [3.63, 3.8) is 0 Å². The summed E-state index contributed by atoms with van der Waals surface area (Å²) in [4.78, 5) is 27.7. The van der Waals surface area contributed by atoms with Gasteiger partial charge in [0.15, 0.2) is 0 Å². The van der Waals surface area contributed by atoms with Gasteiger partial charge in [0.2, 0.25) is 5.95 Å². The second-order valence-electron chi connectivity index (χ2n) is 7.43. The Bertz CT molecular complexity index is 588. The molecule has 0 aliphatic carbocycles. The predicted molar refractivity (Wildman–Crippen MR) is 105 cm³/mol.